The van der Waals surface area contributed by atoms with E-state index in [9.17, 15) is 9.18 Å². The first kappa shape index (κ1) is 18.9. The molecule has 1 fully saturated rings. The van der Waals surface area contributed by atoms with Crippen LogP contribution in [-0.2, 0) is 0 Å². The molecule has 2 heterocycles. The van der Waals surface area contributed by atoms with Crippen LogP contribution in [0.15, 0.2) is 66.9 Å². The lowest BCUT2D eigenvalue weighted by molar-refractivity contribution is 0.102. The van der Waals surface area contributed by atoms with E-state index in [1.54, 1.807) is 30.5 Å². The molecule has 1 amide bonds. The van der Waals surface area contributed by atoms with Gasteiger partial charge in [-0.25, -0.2) is 4.39 Å². The molecule has 1 aliphatic rings. The van der Waals surface area contributed by atoms with Crippen molar-refractivity contribution in [2.24, 2.45) is 0 Å². The first-order valence-electron chi connectivity index (χ1n) is 9.82. The zero-order valence-electron chi connectivity index (χ0n) is 16.1. The highest BCUT2D eigenvalue weighted by Crippen LogP contribution is 2.22. The molecule has 0 atom stereocenters. The van der Waals surface area contributed by atoms with Gasteiger partial charge >= 0.3 is 0 Å². The SMILES string of the molecule is O=C(Nc1ccc(N2CCCCC2)cc1)c1cc(Nc2ccc(F)cc2)ccn1. The van der Waals surface area contributed by atoms with Gasteiger partial charge < -0.3 is 15.5 Å². The standard InChI is InChI=1S/C23H23FN4O/c24-17-4-6-18(7-5-17)26-20-12-13-25-22(16-20)23(29)27-19-8-10-21(11-9-19)28-14-2-1-3-15-28/h4-13,16H,1-3,14-15H2,(H,25,26)(H,27,29). The minimum atomic E-state index is -0.295. The Kier molecular flexibility index (Phi) is 5.70. The van der Waals surface area contributed by atoms with Crippen molar-refractivity contribution in [1.29, 1.82) is 0 Å². The Morgan fingerprint density at radius 1 is 0.862 bits per heavy atom. The molecule has 5 nitrogen and oxygen atoms in total. The molecule has 1 saturated heterocycles. The summed E-state index contributed by atoms with van der Waals surface area (Å²) in [5, 5.41) is 6.03. The molecule has 148 valence electrons. The third-order valence-electron chi connectivity index (χ3n) is 4.97. The van der Waals surface area contributed by atoms with Crippen LogP contribution < -0.4 is 15.5 Å². The van der Waals surface area contributed by atoms with E-state index in [0.29, 0.717) is 11.4 Å². The molecule has 2 aromatic carbocycles. The average molecular weight is 390 g/mol. The number of aromatic nitrogens is 1. The molecular weight excluding hydrogens is 367 g/mol. The number of nitrogens with one attached hydrogen (secondary N) is 2. The summed E-state index contributed by atoms with van der Waals surface area (Å²) in [4.78, 5) is 19.1. The van der Waals surface area contributed by atoms with Crippen LogP contribution in [0.4, 0.5) is 27.1 Å². The maximum Gasteiger partial charge on any atom is 0.274 e. The molecule has 0 bridgehead atoms. The van der Waals surface area contributed by atoms with Crippen LogP contribution in [0.3, 0.4) is 0 Å². The molecule has 0 unspecified atom stereocenters. The number of anilines is 4. The predicted molar refractivity (Wildman–Crippen MR) is 114 cm³/mol. The number of hydrogen-bond donors (Lipinski definition) is 2. The van der Waals surface area contributed by atoms with Gasteiger partial charge in [-0.1, -0.05) is 0 Å². The van der Waals surface area contributed by atoms with Crippen molar-refractivity contribution in [2.75, 3.05) is 28.6 Å². The maximum atomic E-state index is 13.0. The molecule has 4 rings (SSSR count). The quantitative estimate of drug-likeness (QED) is 0.628. The number of carbonyl (C=O) groups excluding carboxylic acids is 1. The summed E-state index contributed by atoms with van der Waals surface area (Å²) in [5.41, 5.74) is 3.66. The van der Waals surface area contributed by atoms with Gasteiger partial charge in [0.1, 0.15) is 11.5 Å². The Labute approximate surface area is 169 Å². The fraction of sp³-hybridized carbons (Fsp3) is 0.217. The monoisotopic (exact) mass is 390 g/mol. The molecular formula is C23H23FN4O. The van der Waals surface area contributed by atoms with E-state index in [1.807, 2.05) is 24.3 Å². The van der Waals surface area contributed by atoms with Gasteiger partial charge in [-0.2, -0.15) is 0 Å². The van der Waals surface area contributed by atoms with Crippen LogP contribution in [0.2, 0.25) is 0 Å². The van der Waals surface area contributed by atoms with Gasteiger partial charge in [0.2, 0.25) is 0 Å². The Hall–Kier alpha value is -3.41. The maximum absolute atomic E-state index is 13.0. The summed E-state index contributed by atoms with van der Waals surface area (Å²) in [7, 11) is 0. The highest BCUT2D eigenvalue weighted by molar-refractivity contribution is 6.03. The van der Waals surface area contributed by atoms with Crippen LogP contribution >= 0.6 is 0 Å². The number of amides is 1. The predicted octanol–water partition coefficient (Wildman–Crippen LogP) is 5.21. The highest BCUT2D eigenvalue weighted by Gasteiger charge is 2.12. The van der Waals surface area contributed by atoms with E-state index in [2.05, 4.69) is 20.5 Å². The fourth-order valence-electron chi connectivity index (χ4n) is 3.44. The number of piperidine rings is 1. The van der Waals surface area contributed by atoms with Crippen molar-refractivity contribution >= 4 is 28.7 Å². The van der Waals surface area contributed by atoms with E-state index in [0.717, 1.165) is 24.5 Å². The highest BCUT2D eigenvalue weighted by atomic mass is 19.1. The van der Waals surface area contributed by atoms with Gasteiger partial charge in [-0.05, 0) is 79.9 Å². The summed E-state index contributed by atoms with van der Waals surface area (Å²) >= 11 is 0. The first-order chi connectivity index (χ1) is 14.2. The van der Waals surface area contributed by atoms with E-state index in [4.69, 9.17) is 0 Å². The number of rotatable bonds is 5. The van der Waals surface area contributed by atoms with Crippen molar-refractivity contribution < 1.29 is 9.18 Å². The molecule has 6 heteroatoms. The van der Waals surface area contributed by atoms with E-state index < -0.39 is 0 Å². The lowest BCUT2D eigenvalue weighted by Gasteiger charge is -2.28. The first-order valence-corrected chi connectivity index (χ1v) is 9.82. The minimum absolute atomic E-state index is 0.279. The number of carbonyl (C=O) groups is 1. The third-order valence-corrected chi connectivity index (χ3v) is 4.97. The van der Waals surface area contributed by atoms with Crippen LogP contribution in [0, 0.1) is 5.82 Å². The summed E-state index contributed by atoms with van der Waals surface area (Å²) in [6.45, 7) is 2.17. The number of pyridine rings is 1. The van der Waals surface area contributed by atoms with Crippen molar-refractivity contribution in [3.63, 3.8) is 0 Å². The van der Waals surface area contributed by atoms with Gasteiger partial charge in [0.15, 0.2) is 0 Å². The number of halogens is 1. The zero-order valence-corrected chi connectivity index (χ0v) is 16.1. The largest absolute Gasteiger partial charge is 0.372 e. The topological polar surface area (TPSA) is 57.3 Å². The Morgan fingerprint density at radius 2 is 1.55 bits per heavy atom. The van der Waals surface area contributed by atoms with Crippen molar-refractivity contribution in [2.45, 2.75) is 19.3 Å². The summed E-state index contributed by atoms with van der Waals surface area (Å²) in [5.74, 6) is -0.574. The van der Waals surface area contributed by atoms with E-state index in [-0.39, 0.29) is 11.7 Å². The molecule has 0 saturated carbocycles. The number of hydrogen-bond acceptors (Lipinski definition) is 4. The Balaban J connectivity index is 1.41. The van der Waals surface area contributed by atoms with Crippen molar-refractivity contribution in [1.82, 2.24) is 4.98 Å². The molecule has 0 radical (unpaired) electrons. The molecule has 0 aliphatic carbocycles. The second-order valence-electron chi connectivity index (χ2n) is 7.11. The fourth-order valence-corrected chi connectivity index (χ4v) is 3.44. The second-order valence-corrected chi connectivity index (χ2v) is 7.11. The zero-order chi connectivity index (χ0) is 20.1. The molecule has 3 aromatic rings. The third kappa shape index (κ3) is 4.90. The van der Waals surface area contributed by atoms with Gasteiger partial charge in [0, 0.05) is 42.0 Å². The lowest BCUT2D eigenvalue weighted by atomic mass is 10.1. The number of nitrogens with zero attached hydrogens (tertiary/aromatic N) is 2. The van der Waals surface area contributed by atoms with Gasteiger partial charge in [0.05, 0.1) is 0 Å². The van der Waals surface area contributed by atoms with Gasteiger partial charge in [0.25, 0.3) is 5.91 Å². The van der Waals surface area contributed by atoms with Crippen molar-refractivity contribution in [3.05, 3.63) is 78.4 Å². The number of benzene rings is 2. The van der Waals surface area contributed by atoms with Crippen LogP contribution in [0.1, 0.15) is 29.8 Å². The van der Waals surface area contributed by atoms with Crippen LogP contribution in [-0.4, -0.2) is 24.0 Å². The smallest absolute Gasteiger partial charge is 0.274 e. The molecule has 1 aromatic heterocycles. The Morgan fingerprint density at radius 3 is 2.28 bits per heavy atom. The van der Waals surface area contributed by atoms with Crippen LogP contribution in [0.25, 0.3) is 0 Å². The average Bonchev–Trinajstić information content (AvgIpc) is 2.77. The second kappa shape index (κ2) is 8.73. The lowest BCUT2D eigenvalue weighted by Crippen LogP contribution is -2.29. The van der Waals surface area contributed by atoms with E-state index in [1.165, 1.54) is 37.1 Å². The van der Waals surface area contributed by atoms with Gasteiger partial charge in [-0.15, -0.1) is 0 Å². The molecule has 29 heavy (non-hydrogen) atoms. The molecule has 0 spiro atoms. The Bertz CT molecular complexity index is 967. The summed E-state index contributed by atoms with van der Waals surface area (Å²) in [6, 6.07) is 17.4. The van der Waals surface area contributed by atoms with Gasteiger partial charge in [-0.3, -0.25) is 9.78 Å². The molecule has 2 N–H and O–H groups in total. The minimum Gasteiger partial charge on any atom is -0.372 e. The van der Waals surface area contributed by atoms with Crippen molar-refractivity contribution in [3.8, 4) is 0 Å². The summed E-state index contributed by atoms with van der Waals surface area (Å²) in [6.07, 6.45) is 5.33. The molecule has 1 aliphatic heterocycles. The normalized spacial score (nSPS) is 13.8. The summed E-state index contributed by atoms with van der Waals surface area (Å²) < 4.78 is 13.0. The van der Waals surface area contributed by atoms with E-state index >= 15 is 0 Å². The van der Waals surface area contributed by atoms with Crippen LogP contribution in [0.5, 0.6) is 0 Å².